The number of nitrogens with zero attached hydrogens (tertiary/aromatic N) is 3. The van der Waals surface area contributed by atoms with Crippen LogP contribution in [0.1, 0.15) is 0 Å². The zero-order valence-corrected chi connectivity index (χ0v) is 7.41. The highest BCUT2D eigenvalue weighted by Crippen LogP contribution is 2.12. The monoisotopic (exact) mass is 184 g/mol. The molecule has 1 aliphatic rings. The quantitative estimate of drug-likeness (QED) is 0.615. The minimum Gasteiger partial charge on any atom is -0.389 e. The number of hydrogen-bond acceptors (Lipinski definition) is 3. The van der Waals surface area contributed by atoms with Crippen LogP contribution in [-0.4, -0.2) is 24.1 Å². The standard InChI is InChI=1S/C7H9ClN4/c1-3-10-7-5(6(8)9)4-11-12(7)2/h3-4H,1,9H2,2H3/b6-5-,10-7+. The molecular formula is C7H9ClN4. The molecule has 0 atom stereocenters. The Bertz CT molecular complexity index is 286. The van der Waals surface area contributed by atoms with E-state index in [1.807, 2.05) is 0 Å². The van der Waals surface area contributed by atoms with Gasteiger partial charge in [0.05, 0.1) is 11.8 Å². The molecular weight excluding hydrogens is 176 g/mol. The van der Waals surface area contributed by atoms with E-state index in [4.69, 9.17) is 17.3 Å². The van der Waals surface area contributed by atoms with Crippen molar-refractivity contribution in [1.29, 1.82) is 0 Å². The average molecular weight is 185 g/mol. The highest BCUT2D eigenvalue weighted by molar-refractivity contribution is 6.35. The number of nitrogens with two attached hydrogens (primary N) is 1. The van der Waals surface area contributed by atoms with Crippen molar-refractivity contribution in [3.8, 4) is 0 Å². The average Bonchev–Trinajstić information content (AvgIpc) is 2.34. The van der Waals surface area contributed by atoms with Crippen molar-refractivity contribution in [3.05, 3.63) is 23.5 Å². The van der Waals surface area contributed by atoms with Gasteiger partial charge < -0.3 is 5.73 Å². The molecule has 0 saturated carbocycles. The van der Waals surface area contributed by atoms with Gasteiger partial charge in [-0.15, -0.1) is 0 Å². The second kappa shape index (κ2) is 3.40. The molecule has 1 heterocycles. The lowest BCUT2D eigenvalue weighted by atomic mass is 10.3. The molecule has 12 heavy (non-hydrogen) atoms. The fourth-order valence-corrected chi connectivity index (χ4v) is 0.972. The lowest BCUT2D eigenvalue weighted by molar-refractivity contribution is 0.561. The SMILES string of the molecule is C=C/N=C1\C(=C(/N)Cl)C=NN1C. The van der Waals surface area contributed by atoms with E-state index in [9.17, 15) is 0 Å². The van der Waals surface area contributed by atoms with Gasteiger partial charge in [-0.3, -0.25) is 5.01 Å². The minimum absolute atomic E-state index is 0.184. The van der Waals surface area contributed by atoms with Gasteiger partial charge in [-0.25, -0.2) is 4.99 Å². The second-order valence-electron chi connectivity index (χ2n) is 2.17. The number of rotatable bonds is 1. The number of amidine groups is 1. The Morgan fingerprint density at radius 2 is 2.58 bits per heavy atom. The summed E-state index contributed by atoms with van der Waals surface area (Å²) in [6, 6.07) is 0. The van der Waals surface area contributed by atoms with Gasteiger partial charge in [-0.05, 0) is 0 Å². The van der Waals surface area contributed by atoms with E-state index in [0.29, 0.717) is 11.4 Å². The molecule has 0 aliphatic carbocycles. The molecule has 2 N–H and O–H groups in total. The van der Waals surface area contributed by atoms with Gasteiger partial charge in [-0.2, -0.15) is 5.10 Å². The van der Waals surface area contributed by atoms with E-state index >= 15 is 0 Å². The predicted octanol–water partition coefficient (Wildman–Crippen LogP) is 0.869. The summed E-state index contributed by atoms with van der Waals surface area (Å²) in [5.41, 5.74) is 6.02. The molecule has 1 aliphatic heterocycles. The molecule has 5 heteroatoms. The Kier molecular flexibility index (Phi) is 2.50. The molecule has 0 unspecified atom stereocenters. The van der Waals surface area contributed by atoms with Crippen molar-refractivity contribution in [2.24, 2.45) is 15.8 Å². The molecule has 0 saturated heterocycles. The number of hydrogen-bond donors (Lipinski definition) is 1. The Labute approximate surface area is 75.7 Å². The predicted molar refractivity (Wildman–Crippen MR) is 51.0 cm³/mol. The highest BCUT2D eigenvalue weighted by atomic mass is 35.5. The Morgan fingerprint density at radius 3 is 3.08 bits per heavy atom. The van der Waals surface area contributed by atoms with Crippen molar-refractivity contribution in [3.63, 3.8) is 0 Å². The summed E-state index contributed by atoms with van der Waals surface area (Å²) < 4.78 is 0. The van der Waals surface area contributed by atoms with Gasteiger partial charge in [0.25, 0.3) is 0 Å². The molecule has 0 aromatic carbocycles. The smallest absolute Gasteiger partial charge is 0.160 e. The normalized spacial score (nSPS) is 23.5. The van der Waals surface area contributed by atoms with Gasteiger partial charge in [0.15, 0.2) is 5.84 Å². The van der Waals surface area contributed by atoms with Crippen LogP contribution in [0.3, 0.4) is 0 Å². The van der Waals surface area contributed by atoms with Crippen LogP contribution in [0.5, 0.6) is 0 Å². The lowest BCUT2D eigenvalue weighted by Gasteiger charge is -2.07. The first-order valence-electron chi connectivity index (χ1n) is 3.29. The van der Waals surface area contributed by atoms with Crippen LogP contribution in [0.2, 0.25) is 0 Å². The third-order valence-corrected chi connectivity index (χ3v) is 1.58. The van der Waals surface area contributed by atoms with Gasteiger partial charge in [0, 0.05) is 13.2 Å². The van der Waals surface area contributed by atoms with Gasteiger partial charge >= 0.3 is 0 Å². The van der Waals surface area contributed by atoms with E-state index < -0.39 is 0 Å². The molecule has 0 aromatic heterocycles. The van der Waals surface area contributed by atoms with Gasteiger partial charge in [0.1, 0.15) is 5.16 Å². The maximum atomic E-state index is 5.60. The summed E-state index contributed by atoms with van der Waals surface area (Å²) in [6.45, 7) is 3.48. The van der Waals surface area contributed by atoms with Gasteiger partial charge in [-0.1, -0.05) is 18.2 Å². The van der Waals surface area contributed by atoms with Crippen LogP contribution in [0.25, 0.3) is 0 Å². The summed E-state index contributed by atoms with van der Waals surface area (Å²) in [6.07, 6.45) is 2.98. The minimum atomic E-state index is 0.184. The Balaban J connectivity index is 3.08. The first kappa shape index (κ1) is 8.80. The topological polar surface area (TPSA) is 54.0 Å². The first-order chi connectivity index (χ1) is 5.66. The second-order valence-corrected chi connectivity index (χ2v) is 2.57. The largest absolute Gasteiger partial charge is 0.389 e. The summed E-state index contributed by atoms with van der Waals surface area (Å²) >= 11 is 5.60. The third kappa shape index (κ3) is 1.48. The zero-order chi connectivity index (χ0) is 9.14. The van der Waals surface area contributed by atoms with E-state index in [-0.39, 0.29) is 5.16 Å². The fraction of sp³-hybridized carbons (Fsp3) is 0.143. The van der Waals surface area contributed by atoms with Crippen molar-refractivity contribution < 1.29 is 0 Å². The number of aliphatic imine (C=N–C) groups is 1. The summed E-state index contributed by atoms with van der Waals surface area (Å²) in [4.78, 5) is 3.97. The van der Waals surface area contributed by atoms with Crippen molar-refractivity contribution in [2.45, 2.75) is 0 Å². The summed E-state index contributed by atoms with van der Waals surface area (Å²) in [7, 11) is 1.76. The van der Waals surface area contributed by atoms with E-state index in [0.717, 1.165) is 0 Å². The van der Waals surface area contributed by atoms with Crippen molar-refractivity contribution >= 4 is 23.7 Å². The first-order valence-corrected chi connectivity index (χ1v) is 3.66. The van der Waals surface area contributed by atoms with Crippen LogP contribution in [0, 0.1) is 0 Å². The van der Waals surface area contributed by atoms with Crippen LogP contribution in [0.4, 0.5) is 0 Å². The van der Waals surface area contributed by atoms with Crippen molar-refractivity contribution in [2.75, 3.05) is 7.05 Å². The van der Waals surface area contributed by atoms with Crippen LogP contribution >= 0.6 is 11.6 Å². The fourth-order valence-electron chi connectivity index (χ4n) is 0.839. The maximum absolute atomic E-state index is 5.60. The summed E-state index contributed by atoms with van der Waals surface area (Å²) in [5, 5.41) is 5.71. The number of likely N-dealkylation sites (N-methyl/N-ethyl adjacent to an activating group) is 1. The zero-order valence-electron chi connectivity index (χ0n) is 6.66. The molecule has 0 aromatic rings. The van der Waals surface area contributed by atoms with E-state index in [1.165, 1.54) is 6.20 Å². The molecule has 0 bridgehead atoms. The molecule has 64 valence electrons. The molecule has 0 fully saturated rings. The Hall–Kier alpha value is -1.29. The van der Waals surface area contributed by atoms with E-state index in [2.05, 4.69) is 16.7 Å². The molecule has 0 radical (unpaired) electrons. The third-order valence-electron chi connectivity index (χ3n) is 1.38. The molecule has 0 amide bonds. The molecule has 0 spiro atoms. The lowest BCUT2D eigenvalue weighted by Crippen LogP contribution is -2.18. The number of hydrazone groups is 1. The van der Waals surface area contributed by atoms with Crippen LogP contribution in [0.15, 0.2) is 33.6 Å². The number of halogens is 1. The van der Waals surface area contributed by atoms with Crippen LogP contribution in [-0.2, 0) is 0 Å². The highest BCUT2D eigenvalue weighted by Gasteiger charge is 2.18. The van der Waals surface area contributed by atoms with Crippen LogP contribution < -0.4 is 5.73 Å². The molecule has 4 nitrogen and oxygen atoms in total. The van der Waals surface area contributed by atoms with Gasteiger partial charge in [0.2, 0.25) is 0 Å². The molecule has 1 rings (SSSR count). The maximum Gasteiger partial charge on any atom is 0.160 e. The van der Waals surface area contributed by atoms with E-state index in [1.54, 1.807) is 18.3 Å². The summed E-state index contributed by atoms with van der Waals surface area (Å²) in [5.74, 6) is 0.609. The van der Waals surface area contributed by atoms with Crippen molar-refractivity contribution in [1.82, 2.24) is 5.01 Å². The Morgan fingerprint density at radius 1 is 1.92 bits per heavy atom.